The van der Waals surface area contributed by atoms with E-state index in [0.717, 1.165) is 0 Å². The van der Waals surface area contributed by atoms with Crippen LogP contribution in [-0.2, 0) is 4.79 Å². The van der Waals surface area contributed by atoms with Gasteiger partial charge in [-0.1, -0.05) is 0 Å². The van der Waals surface area contributed by atoms with Crippen LogP contribution in [-0.4, -0.2) is 28.1 Å². The van der Waals surface area contributed by atoms with E-state index < -0.39 is 28.9 Å². The van der Waals surface area contributed by atoms with Crippen LogP contribution in [0.1, 0.15) is 19.3 Å². The van der Waals surface area contributed by atoms with E-state index in [4.69, 9.17) is 10.8 Å². The zero-order chi connectivity index (χ0) is 10.0. The molecule has 1 saturated carbocycles. The molecule has 1 rings (SSSR count). The molecule has 1 fully saturated rings. The monoisotopic (exact) mass is 188 g/mol. The Hall–Kier alpha value is -1.17. The van der Waals surface area contributed by atoms with Crippen LogP contribution in [0, 0.1) is 16.0 Å². The lowest BCUT2D eigenvalue weighted by atomic mass is 9.82. The van der Waals surface area contributed by atoms with E-state index in [0.29, 0.717) is 12.8 Å². The van der Waals surface area contributed by atoms with E-state index in [2.05, 4.69) is 0 Å². The molecule has 6 heteroatoms. The Morgan fingerprint density at radius 1 is 1.54 bits per heavy atom. The number of hydrogen-bond donors (Lipinski definition) is 2. The Labute approximate surface area is 74.9 Å². The molecule has 0 aromatic heterocycles. The van der Waals surface area contributed by atoms with E-state index in [1.54, 1.807) is 0 Å². The number of nitrogens with zero attached hydrogens (tertiary/aromatic N) is 1. The lowest BCUT2D eigenvalue weighted by Gasteiger charge is -2.26. The summed E-state index contributed by atoms with van der Waals surface area (Å²) >= 11 is 0. The van der Waals surface area contributed by atoms with Crippen LogP contribution in [0.15, 0.2) is 0 Å². The second-order valence-electron chi connectivity index (χ2n) is 3.36. The number of rotatable bonds is 2. The molecular weight excluding hydrogens is 176 g/mol. The molecule has 0 aromatic carbocycles. The summed E-state index contributed by atoms with van der Waals surface area (Å²) < 4.78 is 0. The Balaban J connectivity index is 2.63. The number of aliphatic carboxylic acids is 1. The number of carbonyl (C=O) groups is 1. The maximum absolute atomic E-state index is 10.6. The van der Waals surface area contributed by atoms with E-state index in [1.165, 1.54) is 0 Å². The number of carboxylic acids is 1. The van der Waals surface area contributed by atoms with Gasteiger partial charge in [0.25, 0.3) is 0 Å². The highest BCUT2D eigenvalue weighted by molar-refractivity contribution is 5.71. The summed E-state index contributed by atoms with van der Waals surface area (Å²) in [7, 11) is 0. The lowest BCUT2D eigenvalue weighted by molar-refractivity contribution is -0.527. The molecule has 0 aliphatic heterocycles. The first-order valence-corrected chi connectivity index (χ1v) is 4.14. The first-order valence-electron chi connectivity index (χ1n) is 4.14. The van der Waals surface area contributed by atoms with Gasteiger partial charge in [-0.25, -0.2) is 0 Å². The molecule has 3 N–H and O–H groups in total. The largest absolute Gasteiger partial charge is 0.481 e. The molecule has 1 aliphatic rings. The Morgan fingerprint density at radius 3 is 2.62 bits per heavy atom. The van der Waals surface area contributed by atoms with Crippen LogP contribution in [0.5, 0.6) is 0 Å². The van der Waals surface area contributed by atoms with Crippen molar-refractivity contribution >= 4 is 5.97 Å². The van der Waals surface area contributed by atoms with Crippen molar-refractivity contribution in [2.75, 3.05) is 0 Å². The maximum Gasteiger partial charge on any atom is 0.308 e. The SMILES string of the molecule is NC1CCC([N+](=O)[O-])CC1C(=O)O. The third-order valence-electron chi connectivity index (χ3n) is 2.49. The molecular formula is C7H12N2O4. The third-order valence-corrected chi connectivity index (χ3v) is 2.49. The van der Waals surface area contributed by atoms with Gasteiger partial charge in [0.1, 0.15) is 0 Å². The van der Waals surface area contributed by atoms with Gasteiger partial charge in [-0.2, -0.15) is 0 Å². The Bertz CT molecular complexity index is 231. The van der Waals surface area contributed by atoms with Crippen molar-refractivity contribution in [3.63, 3.8) is 0 Å². The molecule has 6 nitrogen and oxygen atoms in total. The normalized spacial score (nSPS) is 34.1. The van der Waals surface area contributed by atoms with Crippen LogP contribution in [0.3, 0.4) is 0 Å². The van der Waals surface area contributed by atoms with Gasteiger partial charge in [0, 0.05) is 23.8 Å². The zero-order valence-corrected chi connectivity index (χ0v) is 7.05. The van der Waals surface area contributed by atoms with Crippen molar-refractivity contribution in [2.24, 2.45) is 11.7 Å². The van der Waals surface area contributed by atoms with Crippen LogP contribution in [0.25, 0.3) is 0 Å². The maximum atomic E-state index is 10.6. The summed E-state index contributed by atoms with van der Waals surface area (Å²) in [6.07, 6.45) is 0.865. The number of hydrogen-bond acceptors (Lipinski definition) is 4. The van der Waals surface area contributed by atoms with Gasteiger partial charge in [-0.3, -0.25) is 14.9 Å². The van der Waals surface area contributed by atoms with Gasteiger partial charge >= 0.3 is 5.97 Å². The average Bonchev–Trinajstić information content (AvgIpc) is 2.04. The van der Waals surface area contributed by atoms with Crippen LogP contribution in [0.4, 0.5) is 0 Å². The summed E-state index contributed by atoms with van der Waals surface area (Å²) in [6, 6.07) is -1.17. The minimum Gasteiger partial charge on any atom is -0.481 e. The molecule has 0 aromatic rings. The molecule has 1 aliphatic carbocycles. The molecule has 0 saturated heterocycles. The Morgan fingerprint density at radius 2 is 2.15 bits per heavy atom. The van der Waals surface area contributed by atoms with Gasteiger partial charge in [-0.15, -0.1) is 0 Å². The number of carboxylic acid groups (broad SMARTS) is 1. The third kappa shape index (κ3) is 2.15. The lowest BCUT2D eigenvalue weighted by Crippen LogP contribution is -2.44. The van der Waals surface area contributed by atoms with E-state index in [9.17, 15) is 14.9 Å². The molecule has 0 spiro atoms. The van der Waals surface area contributed by atoms with Gasteiger partial charge in [0.2, 0.25) is 6.04 Å². The average molecular weight is 188 g/mol. The quantitative estimate of drug-likeness (QED) is 0.462. The fourth-order valence-corrected chi connectivity index (χ4v) is 1.65. The molecule has 0 bridgehead atoms. The highest BCUT2D eigenvalue weighted by atomic mass is 16.6. The summed E-state index contributed by atoms with van der Waals surface area (Å²) in [6.45, 7) is 0. The van der Waals surface area contributed by atoms with Crippen molar-refractivity contribution in [1.29, 1.82) is 0 Å². The molecule has 0 radical (unpaired) electrons. The standard InChI is InChI=1S/C7H12N2O4/c8-6-2-1-4(9(12)13)3-5(6)7(10)11/h4-6H,1-3,8H2,(H,10,11). The van der Waals surface area contributed by atoms with Crippen molar-refractivity contribution in [3.05, 3.63) is 10.1 Å². The van der Waals surface area contributed by atoms with Gasteiger partial charge in [0.15, 0.2) is 0 Å². The first kappa shape index (κ1) is 9.91. The summed E-state index contributed by atoms with van der Waals surface area (Å²) in [4.78, 5) is 20.6. The zero-order valence-electron chi connectivity index (χ0n) is 7.05. The van der Waals surface area contributed by atoms with E-state index >= 15 is 0 Å². The Kier molecular flexibility index (Phi) is 2.82. The smallest absolute Gasteiger partial charge is 0.308 e. The van der Waals surface area contributed by atoms with Crippen molar-refractivity contribution in [1.82, 2.24) is 0 Å². The summed E-state index contributed by atoms with van der Waals surface area (Å²) in [5.74, 6) is -1.79. The second-order valence-corrected chi connectivity index (χ2v) is 3.36. The topological polar surface area (TPSA) is 106 Å². The summed E-state index contributed by atoms with van der Waals surface area (Å²) in [5, 5.41) is 19.1. The number of nitrogens with two attached hydrogens (primary N) is 1. The fraction of sp³-hybridized carbons (Fsp3) is 0.857. The molecule has 74 valence electrons. The van der Waals surface area contributed by atoms with Crippen molar-refractivity contribution in [3.8, 4) is 0 Å². The molecule has 0 heterocycles. The minimum absolute atomic E-state index is 0.0590. The predicted octanol–water partition coefficient (Wildman–Crippen LogP) is -0.156. The van der Waals surface area contributed by atoms with Crippen LogP contribution in [0.2, 0.25) is 0 Å². The fourth-order valence-electron chi connectivity index (χ4n) is 1.65. The van der Waals surface area contributed by atoms with E-state index in [-0.39, 0.29) is 6.42 Å². The van der Waals surface area contributed by atoms with Gasteiger partial charge < -0.3 is 10.8 Å². The minimum atomic E-state index is -1.03. The van der Waals surface area contributed by atoms with Crippen molar-refractivity contribution < 1.29 is 14.8 Å². The molecule has 3 atom stereocenters. The van der Waals surface area contributed by atoms with Crippen molar-refractivity contribution in [2.45, 2.75) is 31.3 Å². The second kappa shape index (κ2) is 3.69. The molecule has 3 unspecified atom stereocenters. The highest BCUT2D eigenvalue weighted by Gasteiger charge is 2.38. The first-order chi connectivity index (χ1) is 6.02. The van der Waals surface area contributed by atoms with Gasteiger partial charge in [0.05, 0.1) is 5.92 Å². The molecule has 0 amide bonds. The van der Waals surface area contributed by atoms with Crippen LogP contribution < -0.4 is 5.73 Å². The van der Waals surface area contributed by atoms with Gasteiger partial charge in [-0.05, 0) is 6.42 Å². The van der Waals surface area contributed by atoms with Crippen LogP contribution >= 0.6 is 0 Å². The highest BCUT2D eigenvalue weighted by Crippen LogP contribution is 2.25. The predicted molar refractivity (Wildman–Crippen MR) is 43.7 cm³/mol. The van der Waals surface area contributed by atoms with E-state index in [1.807, 2.05) is 0 Å². The summed E-state index contributed by atoms with van der Waals surface area (Å²) in [5.41, 5.74) is 5.54. The number of nitro groups is 1. The molecule has 13 heavy (non-hydrogen) atoms.